The minimum Gasteiger partial charge on any atom is -0.489 e. The zero-order valence-electron chi connectivity index (χ0n) is 18.8. The van der Waals surface area contributed by atoms with Crippen molar-refractivity contribution in [2.24, 2.45) is 11.0 Å². The van der Waals surface area contributed by atoms with Gasteiger partial charge in [0, 0.05) is 5.02 Å². The first-order valence-corrected chi connectivity index (χ1v) is 11.1. The number of ether oxygens (including phenoxy) is 1. The first-order valence-electron chi connectivity index (χ1n) is 10.7. The van der Waals surface area contributed by atoms with Crippen LogP contribution in [0.4, 0.5) is 4.39 Å². The summed E-state index contributed by atoms with van der Waals surface area (Å²) in [5, 5.41) is 7.21. The van der Waals surface area contributed by atoms with Crippen molar-refractivity contribution in [3.8, 4) is 5.75 Å². The predicted molar refractivity (Wildman–Crippen MR) is 130 cm³/mol. The van der Waals surface area contributed by atoms with E-state index in [1.54, 1.807) is 44.2 Å². The minimum absolute atomic E-state index is 0.122. The summed E-state index contributed by atoms with van der Waals surface area (Å²) in [6.45, 7) is 3.96. The van der Waals surface area contributed by atoms with Crippen molar-refractivity contribution >= 4 is 29.6 Å². The maximum absolute atomic E-state index is 13.9. The number of carbonyl (C=O) groups is 2. The largest absolute Gasteiger partial charge is 0.489 e. The van der Waals surface area contributed by atoms with Crippen molar-refractivity contribution in [2.75, 3.05) is 0 Å². The fraction of sp³-hybridized carbons (Fsp3) is 0.192. The van der Waals surface area contributed by atoms with E-state index in [1.807, 2.05) is 24.3 Å². The fourth-order valence-electron chi connectivity index (χ4n) is 3.04. The Balaban J connectivity index is 1.53. The Morgan fingerprint density at radius 1 is 1.03 bits per heavy atom. The highest BCUT2D eigenvalue weighted by Crippen LogP contribution is 2.15. The molecule has 0 aliphatic rings. The van der Waals surface area contributed by atoms with E-state index in [0.29, 0.717) is 17.4 Å². The lowest BCUT2D eigenvalue weighted by Crippen LogP contribution is -2.48. The van der Waals surface area contributed by atoms with Gasteiger partial charge in [0.2, 0.25) is 0 Å². The molecule has 0 heterocycles. The van der Waals surface area contributed by atoms with Crippen LogP contribution in [0, 0.1) is 11.7 Å². The molecule has 6 nitrogen and oxygen atoms in total. The molecule has 0 aliphatic heterocycles. The van der Waals surface area contributed by atoms with Crippen LogP contribution in [0.3, 0.4) is 0 Å². The van der Waals surface area contributed by atoms with Crippen molar-refractivity contribution in [3.63, 3.8) is 0 Å². The van der Waals surface area contributed by atoms with Crippen molar-refractivity contribution < 1.29 is 18.7 Å². The lowest BCUT2D eigenvalue weighted by molar-refractivity contribution is -0.123. The van der Waals surface area contributed by atoms with Gasteiger partial charge in [-0.1, -0.05) is 49.7 Å². The Kier molecular flexibility index (Phi) is 8.76. The average molecular weight is 482 g/mol. The molecule has 0 fully saturated rings. The Hall–Kier alpha value is -3.71. The highest BCUT2D eigenvalue weighted by atomic mass is 35.5. The van der Waals surface area contributed by atoms with Gasteiger partial charge >= 0.3 is 0 Å². The molecule has 34 heavy (non-hydrogen) atoms. The Morgan fingerprint density at radius 2 is 1.71 bits per heavy atom. The molecule has 1 unspecified atom stereocenters. The molecule has 0 aromatic heterocycles. The van der Waals surface area contributed by atoms with E-state index in [0.717, 1.165) is 11.1 Å². The Labute approximate surface area is 202 Å². The van der Waals surface area contributed by atoms with Crippen molar-refractivity contribution in [2.45, 2.75) is 26.5 Å². The summed E-state index contributed by atoms with van der Waals surface area (Å²) in [4.78, 5) is 24.9. The summed E-state index contributed by atoms with van der Waals surface area (Å²) in [6, 6.07) is 19.3. The second kappa shape index (κ2) is 12.0. The monoisotopic (exact) mass is 481 g/mol. The van der Waals surface area contributed by atoms with Gasteiger partial charge in [0.05, 0.1) is 11.8 Å². The molecule has 0 bridgehead atoms. The number of carbonyl (C=O) groups excluding carboxylic acids is 2. The Bertz CT molecular complexity index is 1150. The van der Waals surface area contributed by atoms with E-state index in [1.165, 1.54) is 24.4 Å². The molecule has 0 spiro atoms. The predicted octanol–water partition coefficient (Wildman–Crippen LogP) is 4.96. The van der Waals surface area contributed by atoms with E-state index in [2.05, 4.69) is 15.8 Å². The van der Waals surface area contributed by atoms with Crippen molar-refractivity contribution in [1.29, 1.82) is 0 Å². The zero-order chi connectivity index (χ0) is 24.5. The van der Waals surface area contributed by atoms with Crippen LogP contribution < -0.4 is 15.5 Å². The highest BCUT2D eigenvalue weighted by Gasteiger charge is 2.25. The molecule has 0 radical (unpaired) electrons. The molecule has 3 aromatic carbocycles. The molecule has 2 amide bonds. The number of benzene rings is 3. The van der Waals surface area contributed by atoms with E-state index < -0.39 is 23.7 Å². The van der Waals surface area contributed by atoms with Crippen LogP contribution in [0.5, 0.6) is 5.75 Å². The first kappa shape index (κ1) is 24.9. The van der Waals surface area contributed by atoms with Crippen LogP contribution >= 0.6 is 11.6 Å². The van der Waals surface area contributed by atoms with Gasteiger partial charge in [-0.3, -0.25) is 9.59 Å². The summed E-state index contributed by atoms with van der Waals surface area (Å²) in [6.07, 6.45) is 1.48. The van der Waals surface area contributed by atoms with Gasteiger partial charge in [0.25, 0.3) is 11.8 Å². The third kappa shape index (κ3) is 7.15. The van der Waals surface area contributed by atoms with Gasteiger partial charge in [0.15, 0.2) is 0 Å². The number of amides is 2. The van der Waals surface area contributed by atoms with E-state index in [4.69, 9.17) is 16.3 Å². The van der Waals surface area contributed by atoms with Gasteiger partial charge in [-0.2, -0.15) is 5.10 Å². The number of nitrogens with one attached hydrogen (secondary N) is 2. The van der Waals surface area contributed by atoms with E-state index >= 15 is 0 Å². The number of hydrogen-bond donors (Lipinski definition) is 2. The van der Waals surface area contributed by atoms with E-state index in [9.17, 15) is 14.0 Å². The van der Waals surface area contributed by atoms with Crippen molar-refractivity contribution in [3.05, 3.63) is 100 Å². The van der Waals surface area contributed by atoms with Gasteiger partial charge in [-0.15, -0.1) is 0 Å². The van der Waals surface area contributed by atoms with Crippen LogP contribution in [0.1, 0.15) is 35.3 Å². The smallest absolute Gasteiger partial charge is 0.262 e. The third-order valence-electron chi connectivity index (χ3n) is 4.94. The number of halogens is 2. The van der Waals surface area contributed by atoms with Crippen LogP contribution in [-0.4, -0.2) is 24.1 Å². The summed E-state index contributed by atoms with van der Waals surface area (Å²) in [5.41, 5.74) is 4.05. The lowest BCUT2D eigenvalue weighted by Gasteiger charge is -2.20. The van der Waals surface area contributed by atoms with Crippen LogP contribution in [-0.2, 0) is 11.4 Å². The quantitative estimate of drug-likeness (QED) is 0.335. The number of hydrazone groups is 1. The van der Waals surface area contributed by atoms with Gasteiger partial charge in [-0.25, -0.2) is 9.82 Å². The van der Waals surface area contributed by atoms with Crippen LogP contribution in [0.2, 0.25) is 5.02 Å². The maximum Gasteiger partial charge on any atom is 0.262 e. The van der Waals surface area contributed by atoms with Gasteiger partial charge in [0.1, 0.15) is 24.2 Å². The second-order valence-electron chi connectivity index (χ2n) is 7.89. The van der Waals surface area contributed by atoms with Crippen LogP contribution in [0.15, 0.2) is 77.9 Å². The van der Waals surface area contributed by atoms with Gasteiger partial charge < -0.3 is 10.1 Å². The standard InChI is InChI=1S/C26H25ClFN3O3/c1-17(2)24(30-25(32)22-5-3-4-6-23(22)28)26(33)31-29-15-18-9-13-21(14-10-18)34-16-19-7-11-20(27)12-8-19/h3-15,17,24H,16H2,1-2H3,(H,30,32)(H,31,33)/b29-15+. The molecule has 0 saturated carbocycles. The molecule has 0 saturated heterocycles. The highest BCUT2D eigenvalue weighted by molar-refractivity contribution is 6.30. The summed E-state index contributed by atoms with van der Waals surface area (Å²) >= 11 is 5.88. The second-order valence-corrected chi connectivity index (χ2v) is 8.33. The van der Waals surface area contributed by atoms with Crippen molar-refractivity contribution in [1.82, 2.24) is 10.7 Å². The Morgan fingerprint density at radius 3 is 2.35 bits per heavy atom. The molecular weight excluding hydrogens is 457 g/mol. The molecule has 3 rings (SSSR count). The fourth-order valence-corrected chi connectivity index (χ4v) is 3.16. The third-order valence-corrected chi connectivity index (χ3v) is 5.19. The lowest BCUT2D eigenvalue weighted by atomic mass is 10.0. The number of rotatable bonds is 9. The molecule has 0 aliphatic carbocycles. The average Bonchev–Trinajstić information content (AvgIpc) is 2.83. The zero-order valence-corrected chi connectivity index (χ0v) is 19.6. The SMILES string of the molecule is CC(C)C(NC(=O)c1ccccc1F)C(=O)N/N=C/c1ccc(OCc2ccc(Cl)cc2)cc1. The molecule has 176 valence electrons. The maximum atomic E-state index is 13.9. The summed E-state index contributed by atoms with van der Waals surface area (Å²) in [7, 11) is 0. The minimum atomic E-state index is -0.882. The molecule has 1 atom stereocenters. The normalized spacial score (nSPS) is 11.9. The molecule has 2 N–H and O–H groups in total. The molecule has 8 heteroatoms. The van der Waals surface area contributed by atoms with E-state index in [-0.39, 0.29) is 11.5 Å². The summed E-state index contributed by atoms with van der Waals surface area (Å²) < 4.78 is 19.6. The van der Waals surface area contributed by atoms with Crippen LogP contribution in [0.25, 0.3) is 0 Å². The molecular formula is C26H25ClFN3O3. The first-order chi connectivity index (χ1) is 16.3. The number of nitrogens with zero attached hydrogens (tertiary/aromatic N) is 1. The summed E-state index contributed by atoms with van der Waals surface area (Å²) in [5.74, 6) is -1.36. The molecule has 3 aromatic rings. The number of hydrogen-bond acceptors (Lipinski definition) is 4. The van der Waals surface area contributed by atoms with Gasteiger partial charge in [-0.05, 0) is 65.6 Å². The topological polar surface area (TPSA) is 79.8 Å².